The van der Waals surface area contributed by atoms with Gasteiger partial charge in [-0.1, -0.05) is 46.3 Å². The van der Waals surface area contributed by atoms with E-state index in [1.807, 2.05) is 31.3 Å². The molecule has 2 aromatic rings. The second-order valence-corrected chi connectivity index (χ2v) is 5.81. The van der Waals surface area contributed by atoms with E-state index in [-0.39, 0.29) is 12.4 Å². The number of nitrogens with zero attached hydrogens (tertiary/aromatic N) is 1. The van der Waals surface area contributed by atoms with Crippen molar-refractivity contribution in [1.29, 1.82) is 0 Å². The highest BCUT2D eigenvalue weighted by atomic mass is 79.9. The van der Waals surface area contributed by atoms with Crippen LogP contribution in [0, 0.1) is 5.82 Å². The highest BCUT2D eigenvalue weighted by Crippen LogP contribution is 2.17. The van der Waals surface area contributed by atoms with E-state index in [2.05, 4.69) is 33.0 Å². The molecular formula is C16H18BrFN2. The maximum Gasteiger partial charge on any atom is 0.132 e. The van der Waals surface area contributed by atoms with Gasteiger partial charge in [0.2, 0.25) is 0 Å². The first-order valence-electron chi connectivity index (χ1n) is 6.49. The molecule has 0 spiro atoms. The van der Waals surface area contributed by atoms with Crippen molar-refractivity contribution in [2.45, 2.75) is 19.6 Å². The van der Waals surface area contributed by atoms with Crippen LogP contribution in [0.3, 0.4) is 0 Å². The monoisotopic (exact) mass is 336 g/mol. The fourth-order valence-electron chi connectivity index (χ4n) is 2.21. The molecule has 0 unspecified atom stereocenters. The van der Waals surface area contributed by atoms with E-state index in [1.54, 1.807) is 6.07 Å². The van der Waals surface area contributed by atoms with Crippen molar-refractivity contribution in [1.82, 2.24) is 4.90 Å². The summed E-state index contributed by atoms with van der Waals surface area (Å²) < 4.78 is 15.2. The smallest absolute Gasteiger partial charge is 0.132 e. The van der Waals surface area contributed by atoms with Gasteiger partial charge in [-0.15, -0.1) is 0 Å². The van der Waals surface area contributed by atoms with Crippen LogP contribution in [0.15, 0.2) is 46.9 Å². The number of hydrogen-bond acceptors (Lipinski definition) is 2. The fourth-order valence-corrected chi connectivity index (χ4v) is 2.65. The van der Waals surface area contributed by atoms with Gasteiger partial charge in [0.1, 0.15) is 5.82 Å². The Bertz CT molecular complexity index is 586. The molecule has 2 rings (SSSR count). The topological polar surface area (TPSA) is 29.3 Å². The third-order valence-corrected chi connectivity index (χ3v) is 3.65. The highest BCUT2D eigenvalue weighted by molar-refractivity contribution is 9.10. The number of benzene rings is 2. The van der Waals surface area contributed by atoms with Crippen LogP contribution in [0.4, 0.5) is 4.39 Å². The van der Waals surface area contributed by atoms with Crippen molar-refractivity contribution in [3.63, 3.8) is 0 Å². The summed E-state index contributed by atoms with van der Waals surface area (Å²) in [5, 5.41) is 0. The van der Waals surface area contributed by atoms with Crippen molar-refractivity contribution in [2.24, 2.45) is 5.73 Å². The molecule has 2 nitrogen and oxygen atoms in total. The molecule has 2 aromatic carbocycles. The standard InChI is InChI=1S/C16H18BrFN2/c1-20(10-12-4-2-7-15(17)8-12)11-14-6-3-5-13(9-19)16(14)18/h2-8H,9-11,19H2,1H3. The summed E-state index contributed by atoms with van der Waals surface area (Å²) in [7, 11) is 1.98. The molecule has 0 bridgehead atoms. The zero-order valence-electron chi connectivity index (χ0n) is 11.4. The maximum absolute atomic E-state index is 14.1. The van der Waals surface area contributed by atoms with E-state index in [0.29, 0.717) is 17.7 Å². The molecule has 0 heterocycles. The number of hydrogen-bond donors (Lipinski definition) is 1. The van der Waals surface area contributed by atoms with E-state index in [4.69, 9.17) is 5.73 Å². The Kier molecular flexibility index (Phi) is 5.29. The predicted octanol–water partition coefficient (Wildman–Crippen LogP) is 3.68. The lowest BCUT2D eigenvalue weighted by Gasteiger charge is -2.18. The summed E-state index contributed by atoms with van der Waals surface area (Å²) in [6.07, 6.45) is 0. The van der Waals surface area contributed by atoms with Gasteiger partial charge in [0, 0.05) is 35.2 Å². The molecule has 0 aromatic heterocycles. The molecule has 106 valence electrons. The highest BCUT2D eigenvalue weighted by Gasteiger charge is 2.09. The Morgan fingerprint density at radius 1 is 1.10 bits per heavy atom. The molecule has 0 fully saturated rings. The molecule has 0 aliphatic heterocycles. The van der Waals surface area contributed by atoms with E-state index in [9.17, 15) is 4.39 Å². The summed E-state index contributed by atoms with van der Waals surface area (Å²) in [5.74, 6) is -0.184. The summed E-state index contributed by atoms with van der Waals surface area (Å²) in [6.45, 7) is 1.56. The summed E-state index contributed by atoms with van der Waals surface area (Å²) in [6, 6.07) is 13.5. The normalized spacial score (nSPS) is 11.1. The fraction of sp³-hybridized carbons (Fsp3) is 0.250. The van der Waals surface area contributed by atoms with Gasteiger partial charge in [-0.05, 0) is 24.7 Å². The number of rotatable bonds is 5. The van der Waals surface area contributed by atoms with Gasteiger partial charge < -0.3 is 5.73 Å². The van der Waals surface area contributed by atoms with Crippen LogP contribution in [0.2, 0.25) is 0 Å². The van der Waals surface area contributed by atoms with Crippen LogP contribution < -0.4 is 5.73 Å². The third-order valence-electron chi connectivity index (χ3n) is 3.16. The lowest BCUT2D eigenvalue weighted by molar-refractivity contribution is 0.313. The van der Waals surface area contributed by atoms with E-state index in [1.165, 1.54) is 5.56 Å². The molecule has 2 N–H and O–H groups in total. The first-order chi connectivity index (χ1) is 9.60. The van der Waals surface area contributed by atoms with E-state index < -0.39 is 0 Å². The molecule has 4 heteroatoms. The van der Waals surface area contributed by atoms with Gasteiger partial charge in [-0.25, -0.2) is 4.39 Å². The van der Waals surface area contributed by atoms with E-state index in [0.717, 1.165) is 11.0 Å². The van der Waals surface area contributed by atoms with Crippen molar-refractivity contribution >= 4 is 15.9 Å². The lowest BCUT2D eigenvalue weighted by atomic mass is 10.1. The Morgan fingerprint density at radius 3 is 2.50 bits per heavy atom. The molecule has 20 heavy (non-hydrogen) atoms. The summed E-state index contributed by atoms with van der Waals surface area (Å²) >= 11 is 3.46. The molecule has 0 amide bonds. The first-order valence-corrected chi connectivity index (χ1v) is 7.28. The van der Waals surface area contributed by atoms with Gasteiger partial charge in [0.15, 0.2) is 0 Å². The minimum Gasteiger partial charge on any atom is -0.326 e. The third kappa shape index (κ3) is 3.88. The molecule has 0 saturated heterocycles. The van der Waals surface area contributed by atoms with Crippen LogP contribution >= 0.6 is 15.9 Å². The Labute approximate surface area is 127 Å². The quantitative estimate of drug-likeness (QED) is 0.902. The van der Waals surface area contributed by atoms with Crippen molar-refractivity contribution < 1.29 is 4.39 Å². The Hall–Kier alpha value is -1.23. The second-order valence-electron chi connectivity index (χ2n) is 4.90. The van der Waals surface area contributed by atoms with Crippen LogP contribution in [0.5, 0.6) is 0 Å². The van der Waals surface area contributed by atoms with E-state index >= 15 is 0 Å². The summed E-state index contributed by atoms with van der Waals surface area (Å²) in [4.78, 5) is 2.08. The Balaban J connectivity index is 2.06. The van der Waals surface area contributed by atoms with Crippen LogP contribution in [-0.2, 0) is 19.6 Å². The Morgan fingerprint density at radius 2 is 1.80 bits per heavy atom. The van der Waals surface area contributed by atoms with Crippen LogP contribution in [0.25, 0.3) is 0 Å². The predicted molar refractivity (Wildman–Crippen MR) is 83.6 cm³/mol. The zero-order chi connectivity index (χ0) is 14.5. The molecule has 0 radical (unpaired) electrons. The lowest BCUT2D eigenvalue weighted by Crippen LogP contribution is -2.18. The summed E-state index contributed by atoms with van der Waals surface area (Å²) in [5.41, 5.74) is 7.98. The van der Waals surface area contributed by atoms with Gasteiger partial charge >= 0.3 is 0 Å². The van der Waals surface area contributed by atoms with Gasteiger partial charge in [0.05, 0.1) is 0 Å². The molecule has 0 atom stereocenters. The first kappa shape index (κ1) is 15.2. The molecular weight excluding hydrogens is 319 g/mol. The minimum absolute atomic E-state index is 0.184. The number of halogens is 2. The number of nitrogens with two attached hydrogens (primary N) is 1. The molecule has 0 aliphatic carbocycles. The van der Waals surface area contributed by atoms with Gasteiger partial charge in [-0.3, -0.25) is 4.90 Å². The van der Waals surface area contributed by atoms with Crippen molar-refractivity contribution in [2.75, 3.05) is 7.05 Å². The van der Waals surface area contributed by atoms with Crippen LogP contribution in [-0.4, -0.2) is 11.9 Å². The second kappa shape index (κ2) is 6.97. The minimum atomic E-state index is -0.184. The SMILES string of the molecule is CN(Cc1cccc(Br)c1)Cc1cccc(CN)c1F. The van der Waals surface area contributed by atoms with Gasteiger partial charge in [-0.2, -0.15) is 0 Å². The average molecular weight is 337 g/mol. The van der Waals surface area contributed by atoms with Gasteiger partial charge in [0.25, 0.3) is 0 Å². The zero-order valence-corrected chi connectivity index (χ0v) is 13.0. The molecule has 0 saturated carbocycles. The average Bonchev–Trinajstić information content (AvgIpc) is 2.41. The largest absolute Gasteiger partial charge is 0.326 e. The maximum atomic E-state index is 14.1. The van der Waals surface area contributed by atoms with Crippen molar-refractivity contribution in [3.8, 4) is 0 Å². The van der Waals surface area contributed by atoms with Crippen LogP contribution in [0.1, 0.15) is 16.7 Å². The molecule has 0 aliphatic rings. The van der Waals surface area contributed by atoms with Crippen molar-refractivity contribution in [3.05, 3.63) is 69.4 Å².